The average Bonchev–Trinajstić information content (AvgIpc) is 3.31. The number of nitro groups is 1. The van der Waals surface area contributed by atoms with E-state index in [2.05, 4.69) is 5.32 Å². The van der Waals surface area contributed by atoms with Gasteiger partial charge in [0, 0.05) is 27.5 Å². The van der Waals surface area contributed by atoms with Gasteiger partial charge in [0.1, 0.15) is 6.10 Å². The van der Waals surface area contributed by atoms with Gasteiger partial charge in [-0.15, -0.1) is 11.3 Å². The highest BCUT2D eigenvalue weighted by Gasteiger charge is 2.14. The predicted molar refractivity (Wildman–Crippen MR) is 97.0 cm³/mol. The zero-order valence-electron chi connectivity index (χ0n) is 12.9. The lowest BCUT2D eigenvalue weighted by molar-refractivity contribution is -0.384. The van der Waals surface area contributed by atoms with Crippen molar-refractivity contribution >= 4 is 34.3 Å². The third-order valence-corrected chi connectivity index (χ3v) is 5.41. The Bertz CT molecular complexity index is 872. The molecule has 128 valence electrons. The van der Waals surface area contributed by atoms with E-state index in [0.29, 0.717) is 12.1 Å². The number of hydrogen-bond donors (Lipinski definition) is 2. The number of aliphatic hydroxyl groups excluding tert-OH is 1. The van der Waals surface area contributed by atoms with Crippen LogP contribution in [-0.2, 0) is 6.54 Å². The van der Waals surface area contributed by atoms with Gasteiger partial charge in [0.2, 0.25) is 0 Å². The minimum absolute atomic E-state index is 0.0538. The number of thiophene rings is 2. The fourth-order valence-corrected chi connectivity index (χ4v) is 3.88. The van der Waals surface area contributed by atoms with E-state index in [-0.39, 0.29) is 11.6 Å². The number of non-ortho nitro benzene ring substituents is 1. The van der Waals surface area contributed by atoms with Crippen molar-refractivity contribution in [1.82, 2.24) is 5.32 Å². The summed E-state index contributed by atoms with van der Waals surface area (Å²) in [6, 6.07) is 11.0. The van der Waals surface area contributed by atoms with E-state index in [1.165, 1.54) is 46.9 Å². The van der Waals surface area contributed by atoms with Crippen LogP contribution in [-0.4, -0.2) is 15.9 Å². The standard InChI is InChI=1S/C17H14N2O4S2/c20-16(12-7-8-24-10-12)15-6-5-14(25-15)9-18-17(21)11-1-3-13(4-2-11)19(22)23/h1-8,10,16,20H,9H2,(H,18,21). The second-order valence-corrected chi connectivity index (χ2v) is 7.23. The van der Waals surface area contributed by atoms with Crippen LogP contribution in [0.1, 0.15) is 31.8 Å². The van der Waals surface area contributed by atoms with Crippen LogP contribution in [0.3, 0.4) is 0 Å². The Morgan fingerprint density at radius 3 is 2.60 bits per heavy atom. The first-order valence-electron chi connectivity index (χ1n) is 7.36. The van der Waals surface area contributed by atoms with E-state index in [0.717, 1.165) is 15.3 Å². The van der Waals surface area contributed by atoms with Crippen molar-refractivity contribution in [2.24, 2.45) is 0 Å². The predicted octanol–water partition coefficient (Wildman–Crippen LogP) is 3.73. The van der Waals surface area contributed by atoms with E-state index < -0.39 is 11.0 Å². The maximum atomic E-state index is 12.1. The van der Waals surface area contributed by atoms with Crippen molar-refractivity contribution in [1.29, 1.82) is 0 Å². The molecule has 2 heterocycles. The van der Waals surface area contributed by atoms with Crippen molar-refractivity contribution in [3.63, 3.8) is 0 Å². The number of rotatable bonds is 6. The minimum Gasteiger partial charge on any atom is -0.383 e. The lowest BCUT2D eigenvalue weighted by atomic mass is 10.2. The molecule has 0 bridgehead atoms. The van der Waals surface area contributed by atoms with Crippen LogP contribution < -0.4 is 5.32 Å². The quantitative estimate of drug-likeness (QED) is 0.508. The molecule has 2 aromatic heterocycles. The summed E-state index contributed by atoms with van der Waals surface area (Å²) < 4.78 is 0. The largest absolute Gasteiger partial charge is 0.383 e. The molecule has 0 saturated carbocycles. The molecule has 0 radical (unpaired) electrons. The number of nitrogens with zero attached hydrogens (tertiary/aromatic N) is 1. The van der Waals surface area contributed by atoms with Gasteiger partial charge in [-0.25, -0.2) is 0 Å². The lowest BCUT2D eigenvalue weighted by Gasteiger charge is -2.06. The molecule has 1 atom stereocenters. The molecule has 1 amide bonds. The normalized spacial score (nSPS) is 11.9. The summed E-state index contributed by atoms with van der Waals surface area (Å²) in [4.78, 5) is 24.0. The number of carbonyl (C=O) groups is 1. The topological polar surface area (TPSA) is 92.5 Å². The third kappa shape index (κ3) is 4.11. The van der Waals surface area contributed by atoms with Gasteiger partial charge in [-0.2, -0.15) is 11.3 Å². The highest BCUT2D eigenvalue weighted by atomic mass is 32.1. The van der Waals surface area contributed by atoms with Crippen molar-refractivity contribution in [3.8, 4) is 0 Å². The SMILES string of the molecule is O=C(NCc1ccc(C(O)c2ccsc2)s1)c1ccc([N+](=O)[O-])cc1. The number of amides is 1. The zero-order chi connectivity index (χ0) is 17.8. The van der Waals surface area contributed by atoms with Gasteiger partial charge in [-0.1, -0.05) is 0 Å². The van der Waals surface area contributed by atoms with E-state index in [1.54, 1.807) is 0 Å². The number of aliphatic hydroxyl groups is 1. The van der Waals surface area contributed by atoms with Crippen LogP contribution >= 0.6 is 22.7 Å². The second kappa shape index (κ2) is 7.56. The Kier molecular flexibility index (Phi) is 5.22. The van der Waals surface area contributed by atoms with Crippen LogP contribution in [0.25, 0.3) is 0 Å². The molecule has 25 heavy (non-hydrogen) atoms. The summed E-state index contributed by atoms with van der Waals surface area (Å²) in [5, 5.41) is 27.5. The summed E-state index contributed by atoms with van der Waals surface area (Å²) in [5.41, 5.74) is 1.16. The fraction of sp³-hybridized carbons (Fsp3) is 0.118. The highest BCUT2D eigenvalue weighted by molar-refractivity contribution is 7.12. The maximum absolute atomic E-state index is 12.1. The molecule has 3 rings (SSSR count). The van der Waals surface area contributed by atoms with Crippen LogP contribution in [0.4, 0.5) is 5.69 Å². The molecular formula is C17H14N2O4S2. The highest BCUT2D eigenvalue weighted by Crippen LogP contribution is 2.29. The van der Waals surface area contributed by atoms with Crippen LogP contribution in [0.2, 0.25) is 0 Å². The van der Waals surface area contributed by atoms with Crippen molar-refractivity contribution in [2.45, 2.75) is 12.6 Å². The first-order valence-corrected chi connectivity index (χ1v) is 9.12. The molecule has 0 saturated heterocycles. The molecule has 2 N–H and O–H groups in total. The summed E-state index contributed by atoms with van der Waals surface area (Å²) >= 11 is 2.96. The average molecular weight is 374 g/mol. The Morgan fingerprint density at radius 2 is 1.96 bits per heavy atom. The van der Waals surface area contributed by atoms with Crippen LogP contribution in [0, 0.1) is 10.1 Å². The molecule has 0 spiro atoms. The Labute approximate surface area is 151 Å². The number of nitro benzene ring substituents is 1. The van der Waals surface area contributed by atoms with Crippen LogP contribution in [0.15, 0.2) is 53.2 Å². The smallest absolute Gasteiger partial charge is 0.269 e. The Balaban J connectivity index is 1.60. The molecule has 0 fully saturated rings. The number of hydrogen-bond acceptors (Lipinski definition) is 6. The minimum atomic E-state index is -0.657. The zero-order valence-corrected chi connectivity index (χ0v) is 14.5. The van der Waals surface area contributed by atoms with E-state index in [9.17, 15) is 20.0 Å². The van der Waals surface area contributed by atoms with Gasteiger partial charge in [0.15, 0.2) is 0 Å². The molecule has 3 aromatic rings. The summed E-state index contributed by atoms with van der Waals surface area (Å²) in [5.74, 6) is -0.303. The number of carbonyl (C=O) groups excluding carboxylic acids is 1. The second-order valence-electron chi connectivity index (χ2n) is 5.25. The monoisotopic (exact) mass is 374 g/mol. The number of nitrogens with one attached hydrogen (secondary N) is 1. The van der Waals surface area contributed by atoms with Gasteiger partial charge in [-0.05, 0) is 46.7 Å². The van der Waals surface area contributed by atoms with Gasteiger partial charge in [0.25, 0.3) is 11.6 Å². The first-order chi connectivity index (χ1) is 12.0. The van der Waals surface area contributed by atoms with E-state index >= 15 is 0 Å². The van der Waals surface area contributed by atoms with Gasteiger partial charge in [0.05, 0.1) is 11.5 Å². The first kappa shape index (κ1) is 17.3. The Hall–Kier alpha value is -2.55. The number of benzene rings is 1. The van der Waals surface area contributed by atoms with Gasteiger partial charge in [-0.3, -0.25) is 14.9 Å². The fourth-order valence-electron chi connectivity index (χ4n) is 2.24. The molecule has 0 aliphatic carbocycles. The summed E-state index contributed by atoms with van der Waals surface area (Å²) in [6.07, 6.45) is -0.657. The molecule has 1 unspecified atom stereocenters. The Morgan fingerprint density at radius 1 is 1.20 bits per heavy atom. The van der Waals surface area contributed by atoms with Crippen LogP contribution in [0.5, 0.6) is 0 Å². The molecule has 6 nitrogen and oxygen atoms in total. The molecule has 1 aromatic carbocycles. The molecule has 8 heteroatoms. The molecule has 0 aliphatic heterocycles. The van der Waals surface area contributed by atoms with Crippen molar-refractivity contribution in [3.05, 3.63) is 84.2 Å². The van der Waals surface area contributed by atoms with Crippen molar-refractivity contribution < 1.29 is 14.8 Å². The van der Waals surface area contributed by atoms with E-state index in [4.69, 9.17) is 0 Å². The lowest BCUT2D eigenvalue weighted by Crippen LogP contribution is -2.22. The molecule has 0 aliphatic rings. The summed E-state index contributed by atoms with van der Waals surface area (Å²) in [7, 11) is 0. The van der Waals surface area contributed by atoms with Gasteiger partial charge >= 0.3 is 0 Å². The molecular weight excluding hydrogens is 360 g/mol. The van der Waals surface area contributed by atoms with Gasteiger partial charge < -0.3 is 10.4 Å². The maximum Gasteiger partial charge on any atom is 0.269 e. The van der Waals surface area contributed by atoms with E-state index in [1.807, 2.05) is 29.0 Å². The summed E-state index contributed by atoms with van der Waals surface area (Å²) in [6.45, 7) is 0.330. The van der Waals surface area contributed by atoms with Crippen molar-refractivity contribution in [2.75, 3.05) is 0 Å². The third-order valence-electron chi connectivity index (χ3n) is 3.57.